The zero-order valence-corrected chi connectivity index (χ0v) is 15.7. The SMILES string of the molecule is O=C(NCCCNc1ccc(C(F)(F)F)cc1[N+](=O)[O-])c1ccc(Cl)c(Cl)c1. The number of anilines is 1. The molecular weight excluding hydrogens is 422 g/mol. The Morgan fingerprint density at radius 3 is 2.39 bits per heavy atom. The fraction of sp³-hybridized carbons (Fsp3) is 0.235. The molecule has 0 aliphatic carbocycles. The third-order valence-electron chi connectivity index (χ3n) is 3.66. The van der Waals surface area contributed by atoms with Crippen LogP contribution in [0, 0.1) is 10.1 Å². The second kappa shape index (κ2) is 9.11. The monoisotopic (exact) mass is 435 g/mol. The zero-order valence-electron chi connectivity index (χ0n) is 14.1. The number of alkyl halides is 3. The Labute approximate surface area is 167 Å². The van der Waals surface area contributed by atoms with Crippen LogP contribution < -0.4 is 10.6 Å². The molecule has 0 saturated carbocycles. The van der Waals surface area contributed by atoms with Gasteiger partial charge < -0.3 is 10.6 Å². The average molecular weight is 436 g/mol. The van der Waals surface area contributed by atoms with Crippen LogP contribution in [0.4, 0.5) is 24.5 Å². The molecule has 2 aromatic carbocycles. The molecule has 0 aliphatic rings. The van der Waals surface area contributed by atoms with E-state index in [-0.39, 0.29) is 29.7 Å². The van der Waals surface area contributed by atoms with E-state index in [1.165, 1.54) is 18.2 Å². The molecule has 0 aliphatic heterocycles. The van der Waals surface area contributed by atoms with E-state index in [2.05, 4.69) is 10.6 Å². The second-order valence-corrected chi connectivity index (χ2v) is 6.47. The summed E-state index contributed by atoms with van der Waals surface area (Å²) >= 11 is 11.6. The molecule has 0 unspecified atom stereocenters. The molecule has 0 aromatic heterocycles. The lowest BCUT2D eigenvalue weighted by Gasteiger charge is -2.11. The Bertz CT molecular complexity index is 892. The van der Waals surface area contributed by atoms with E-state index in [1.807, 2.05) is 0 Å². The third-order valence-corrected chi connectivity index (χ3v) is 4.40. The van der Waals surface area contributed by atoms with Gasteiger partial charge in [0.25, 0.3) is 11.6 Å². The molecule has 0 heterocycles. The van der Waals surface area contributed by atoms with Gasteiger partial charge in [-0.2, -0.15) is 13.2 Å². The Kier molecular flexibility index (Phi) is 7.09. The molecule has 150 valence electrons. The Balaban J connectivity index is 1.88. The molecule has 0 spiro atoms. The van der Waals surface area contributed by atoms with E-state index >= 15 is 0 Å². The predicted octanol–water partition coefficient (Wildman–Crippen LogP) is 5.15. The van der Waals surface area contributed by atoms with Gasteiger partial charge in [0.2, 0.25) is 0 Å². The van der Waals surface area contributed by atoms with Gasteiger partial charge in [-0.05, 0) is 36.8 Å². The molecule has 0 saturated heterocycles. The lowest BCUT2D eigenvalue weighted by Crippen LogP contribution is -2.25. The van der Waals surface area contributed by atoms with Crippen LogP contribution in [0.5, 0.6) is 0 Å². The summed E-state index contributed by atoms with van der Waals surface area (Å²) in [5, 5.41) is 16.9. The summed E-state index contributed by atoms with van der Waals surface area (Å²) < 4.78 is 38.0. The first-order chi connectivity index (χ1) is 13.1. The van der Waals surface area contributed by atoms with Gasteiger partial charge in [-0.25, -0.2) is 0 Å². The van der Waals surface area contributed by atoms with Crippen LogP contribution >= 0.6 is 23.2 Å². The van der Waals surface area contributed by atoms with Crippen molar-refractivity contribution in [3.05, 3.63) is 67.7 Å². The second-order valence-electron chi connectivity index (χ2n) is 5.65. The van der Waals surface area contributed by atoms with Gasteiger partial charge in [0.1, 0.15) is 5.69 Å². The summed E-state index contributed by atoms with van der Waals surface area (Å²) in [5.41, 5.74) is -1.48. The van der Waals surface area contributed by atoms with Gasteiger partial charge in [0.05, 0.1) is 20.5 Å². The fourth-order valence-corrected chi connectivity index (χ4v) is 2.56. The average Bonchev–Trinajstić information content (AvgIpc) is 2.62. The minimum absolute atomic E-state index is 0.0335. The maximum absolute atomic E-state index is 12.7. The number of nitrogens with one attached hydrogen (secondary N) is 2. The van der Waals surface area contributed by atoms with E-state index in [4.69, 9.17) is 23.2 Å². The van der Waals surface area contributed by atoms with Crippen LogP contribution in [0.15, 0.2) is 36.4 Å². The largest absolute Gasteiger partial charge is 0.416 e. The molecule has 2 N–H and O–H groups in total. The van der Waals surface area contributed by atoms with Crippen molar-refractivity contribution in [2.24, 2.45) is 0 Å². The number of halogens is 5. The fourth-order valence-electron chi connectivity index (χ4n) is 2.26. The number of benzene rings is 2. The molecule has 28 heavy (non-hydrogen) atoms. The van der Waals surface area contributed by atoms with E-state index in [0.717, 1.165) is 12.1 Å². The number of amides is 1. The van der Waals surface area contributed by atoms with E-state index < -0.39 is 22.4 Å². The van der Waals surface area contributed by atoms with Crippen molar-refractivity contribution in [3.8, 4) is 0 Å². The summed E-state index contributed by atoms with van der Waals surface area (Å²) in [5.74, 6) is -0.376. The van der Waals surface area contributed by atoms with Crippen LogP contribution in [-0.4, -0.2) is 23.9 Å². The first kappa shape index (κ1) is 21.8. The first-order valence-corrected chi connectivity index (χ1v) is 8.68. The third kappa shape index (κ3) is 5.74. The van der Waals surface area contributed by atoms with Crippen LogP contribution in [-0.2, 0) is 6.18 Å². The van der Waals surface area contributed by atoms with Crippen molar-refractivity contribution in [2.75, 3.05) is 18.4 Å². The molecule has 2 rings (SSSR count). The Morgan fingerprint density at radius 1 is 1.07 bits per heavy atom. The standard InChI is InChI=1S/C17H14Cl2F3N3O3/c18-12-4-2-10(8-13(12)19)16(26)24-7-1-6-23-14-5-3-11(17(20,21)22)9-15(14)25(27)28/h2-5,8-9,23H,1,6-7H2,(H,24,26). The van der Waals surface area contributed by atoms with Crippen molar-refractivity contribution >= 4 is 40.5 Å². The summed E-state index contributed by atoms with van der Waals surface area (Å²) in [7, 11) is 0. The molecule has 0 fully saturated rings. The highest BCUT2D eigenvalue weighted by atomic mass is 35.5. The highest BCUT2D eigenvalue weighted by molar-refractivity contribution is 6.42. The number of rotatable bonds is 7. The summed E-state index contributed by atoms with van der Waals surface area (Å²) in [6.07, 6.45) is -4.29. The number of carbonyl (C=O) groups is 1. The number of nitro benzene ring substituents is 1. The van der Waals surface area contributed by atoms with Crippen LogP contribution in [0.3, 0.4) is 0 Å². The highest BCUT2D eigenvalue weighted by Crippen LogP contribution is 2.34. The van der Waals surface area contributed by atoms with Gasteiger partial charge in [-0.1, -0.05) is 23.2 Å². The van der Waals surface area contributed by atoms with Gasteiger partial charge in [0, 0.05) is 24.7 Å². The van der Waals surface area contributed by atoms with Crippen molar-refractivity contribution in [2.45, 2.75) is 12.6 Å². The van der Waals surface area contributed by atoms with Crippen LogP contribution in [0.2, 0.25) is 10.0 Å². The topological polar surface area (TPSA) is 84.3 Å². The maximum Gasteiger partial charge on any atom is 0.416 e. The van der Waals surface area contributed by atoms with Crippen LogP contribution in [0.25, 0.3) is 0 Å². The molecule has 0 bridgehead atoms. The molecular formula is C17H14Cl2F3N3O3. The number of hydrogen-bond acceptors (Lipinski definition) is 4. The van der Waals surface area contributed by atoms with Gasteiger partial charge >= 0.3 is 6.18 Å². The van der Waals surface area contributed by atoms with Gasteiger partial charge in [0.15, 0.2) is 0 Å². The van der Waals surface area contributed by atoms with E-state index in [9.17, 15) is 28.1 Å². The normalized spacial score (nSPS) is 11.2. The lowest BCUT2D eigenvalue weighted by atomic mass is 10.1. The van der Waals surface area contributed by atoms with Crippen molar-refractivity contribution < 1.29 is 22.9 Å². The number of hydrogen-bond donors (Lipinski definition) is 2. The minimum Gasteiger partial charge on any atom is -0.379 e. The molecule has 0 atom stereocenters. The van der Waals surface area contributed by atoms with Crippen molar-refractivity contribution in [1.82, 2.24) is 5.32 Å². The van der Waals surface area contributed by atoms with E-state index in [0.29, 0.717) is 23.1 Å². The quantitative estimate of drug-likeness (QED) is 0.357. The van der Waals surface area contributed by atoms with Crippen molar-refractivity contribution in [3.63, 3.8) is 0 Å². The minimum atomic E-state index is -4.67. The predicted molar refractivity (Wildman–Crippen MR) is 100 cm³/mol. The van der Waals surface area contributed by atoms with E-state index in [1.54, 1.807) is 0 Å². The maximum atomic E-state index is 12.7. The molecule has 1 amide bonds. The van der Waals surface area contributed by atoms with Gasteiger partial charge in [-0.3, -0.25) is 14.9 Å². The number of nitro groups is 1. The Morgan fingerprint density at radius 2 is 1.79 bits per heavy atom. The lowest BCUT2D eigenvalue weighted by molar-refractivity contribution is -0.384. The Hall–Kier alpha value is -2.52. The molecule has 0 radical (unpaired) electrons. The van der Waals surface area contributed by atoms with Gasteiger partial charge in [-0.15, -0.1) is 0 Å². The number of nitrogens with zero attached hydrogens (tertiary/aromatic N) is 1. The zero-order chi connectivity index (χ0) is 20.9. The molecule has 11 heteroatoms. The summed E-state index contributed by atoms with van der Waals surface area (Å²) in [6, 6.07) is 6.67. The summed E-state index contributed by atoms with van der Waals surface area (Å²) in [4.78, 5) is 22.1. The molecule has 2 aromatic rings. The summed E-state index contributed by atoms with van der Waals surface area (Å²) in [6.45, 7) is 0.439. The molecule has 6 nitrogen and oxygen atoms in total. The first-order valence-electron chi connectivity index (χ1n) is 7.92. The van der Waals surface area contributed by atoms with Crippen LogP contribution in [0.1, 0.15) is 22.3 Å². The highest BCUT2D eigenvalue weighted by Gasteiger charge is 2.32. The number of carbonyl (C=O) groups excluding carboxylic acids is 1. The van der Waals surface area contributed by atoms with Crippen molar-refractivity contribution in [1.29, 1.82) is 0 Å². The smallest absolute Gasteiger partial charge is 0.379 e.